The van der Waals surface area contributed by atoms with E-state index in [9.17, 15) is 0 Å². The van der Waals surface area contributed by atoms with Crippen LogP contribution in [0.2, 0.25) is 19.6 Å². The molecule has 31 heavy (non-hydrogen) atoms. The number of rotatable bonds is 4. The van der Waals surface area contributed by atoms with Crippen LogP contribution in [-0.4, -0.2) is 23.7 Å². The monoisotopic (exact) mass is 509 g/mol. The molecule has 0 aliphatic heterocycles. The molecule has 186 valence electrons. The fourth-order valence-electron chi connectivity index (χ4n) is 5.35. The van der Waals surface area contributed by atoms with Gasteiger partial charge in [-0.05, 0) is 82.4 Å². The van der Waals surface area contributed by atoms with Gasteiger partial charge in [0.2, 0.25) is 0 Å². The minimum Gasteiger partial charge on any atom is -0.687 e. The van der Waals surface area contributed by atoms with E-state index < -0.39 is 16.2 Å². The van der Waals surface area contributed by atoms with Crippen molar-refractivity contribution in [2.24, 2.45) is 0 Å². The van der Waals surface area contributed by atoms with E-state index in [1.807, 2.05) is 0 Å². The predicted octanol–water partition coefficient (Wildman–Crippen LogP) is 10.4. The summed E-state index contributed by atoms with van der Waals surface area (Å²) in [6.45, 7) is 37.5. The Morgan fingerprint density at radius 1 is 0.677 bits per heavy atom. The average molecular weight is 510 g/mol. The first-order valence-electron chi connectivity index (χ1n) is 11.8. The van der Waals surface area contributed by atoms with E-state index >= 15 is 0 Å². The molecule has 1 aromatic carbocycles. The van der Waals surface area contributed by atoms with Crippen molar-refractivity contribution in [2.45, 2.75) is 137 Å². The van der Waals surface area contributed by atoms with Crippen molar-refractivity contribution in [3.63, 3.8) is 0 Å². The smallest absolute Gasteiger partial charge is 0.0703 e. The van der Waals surface area contributed by atoms with Crippen molar-refractivity contribution < 1.29 is 16.5 Å². The molecule has 0 bridgehead atoms. The third-order valence-electron chi connectivity index (χ3n) is 5.04. The Kier molecular flexibility index (Phi) is 12.9. The van der Waals surface area contributed by atoms with Crippen LogP contribution in [0.25, 0.3) is 4.98 Å². The standard InChI is InChI=1S/C15H26NSi.C12H27P.Ni/c1-11(2)13-9-8-10-14(12(3)4)15(13)16-17(5,6)7;1-10(2,3)13(11(4,5)6)12(7,8)9;/h8-12H,1-7H3;1-9H3;/q-1;;/p+1. The summed E-state index contributed by atoms with van der Waals surface area (Å²) >= 11 is 0. The molecule has 0 saturated heterocycles. The van der Waals surface area contributed by atoms with Gasteiger partial charge in [-0.1, -0.05) is 76.7 Å². The van der Waals surface area contributed by atoms with E-state index in [4.69, 9.17) is 4.98 Å². The van der Waals surface area contributed by atoms with Gasteiger partial charge in [-0.2, -0.15) is 0 Å². The van der Waals surface area contributed by atoms with Crippen LogP contribution in [0, 0.1) is 0 Å². The molecule has 0 spiro atoms. The molecule has 1 rings (SSSR count). The second kappa shape index (κ2) is 12.0. The van der Waals surface area contributed by atoms with Gasteiger partial charge < -0.3 is 4.98 Å². The fourth-order valence-corrected chi connectivity index (χ4v) is 13.0. The summed E-state index contributed by atoms with van der Waals surface area (Å²) in [7, 11) is -1.82. The summed E-state index contributed by atoms with van der Waals surface area (Å²) in [6, 6.07) is 6.64. The maximum absolute atomic E-state index is 5.07. The Hall–Kier alpha value is 0.160. The maximum atomic E-state index is 5.07. The van der Waals surface area contributed by atoms with E-state index in [2.05, 4.69) is 128 Å². The van der Waals surface area contributed by atoms with Crippen molar-refractivity contribution in [3.05, 3.63) is 34.3 Å². The molecule has 0 heterocycles. The van der Waals surface area contributed by atoms with Crippen LogP contribution in [0.5, 0.6) is 0 Å². The van der Waals surface area contributed by atoms with Gasteiger partial charge in [0.1, 0.15) is 0 Å². The van der Waals surface area contributed by atoms with Crippen LogP contribution >= 0.6 is 7.92 Å². The number of hydrogen-bond donors (Lipinski definition) is 0. The van der Waals surface area contributed by atoms with Crippen molar-refractivity contribution >= 4 is 21.8 Å². The Labute approximate surface area is 209 Å². The van der Waals surface area contributed by atoms with Gasteiger partial charge in [-0.3, -0.25) is 0 Å². The zero-order valence-electron chi connectivity index (χ0n) is 23.7. The Morgan fingerprint density at radius 3 is 1.13 bits per heavy atom. The van der Waals surface area contributed by atoms with Crippen molar-refractivity contribution in [3.8, 4) is 0 Å². The van der Waals surface area contributed by atoms with Gasteiger partial charge in [0.05, 0.1) is 15.5 Å². The fraction of sp³-hybridized carbons (Fsp3) is 0.778. The maximum Gasteiger partial charge on any atom is 0.0703 e. The third-order valence-corrected chi connectivity index (χ3v) is 10.4. The zero-order chi connectivity index (χ0) is 24.3. The van der Waals surface area contributed by atoms with E-state index in [-0.39, 0.29) is 16.5 Å². The number of nitrogens with zero attached hydrogens (tertiary/aromatic N) is 1. The molecule has 0 aromatic heterocycles. The van der Waals surface area contributed by atoms with Gasteiger partial charge >= 0.3 is 0 Å². The molecule has 1 nitrogen and oxygen atoms in total. The van der Waals surface area contributed by atoms with Gasteiger partial charge in [0.15, 0.2) is 0 Å². The normalized spacial score (nSPS) is 13.1. The minimum absolute atomic E-state index is 0. The molecule has 0 N–H and O–H groups in total. The summed E-state index contributed by atoms with van der Waals surface area (Å²) in [5, 5.41) is 1.46. The molecular weight excluding hydrogens is 456 g/mol. The van der Waals surface area contributed by atoms with Gasteiger partial charge in [0, 0.05) is 24.4 Å². The third kappa shape index (κ3) is 11.7. The number of hydrogen-bond acceptors (Lipinski definition) is 0. The summed E-state index contributed by atoms with van der Waals surface area (Å²) in [4.78, 5) is 5.07. The molecule has 0 saturated carbocycles. The summed E-state index contributed by atoms with van der Waals surface area (Å²) < 4.78 is 0. The van der Waals surface area contributed by atoms with Gasteiger partial charge in [-0.15, -0.1) is 5.69 Å². The van der Waals surface area contributed by atoms with E-state index in [0.29, 0.717) is 27.3 Å². The first-order valence-corrected chi connectivity index (χ1v) is 16.8. The molecular formula is C27H54NNiPSi. The molecule has 0 atom stereocenters. The molecule has 0 fully saturated rings. The average Bonchev–Trinajstić information content (AvgIpc) is 2.40. The van der Waals surface area contributed by atoms with Crippen LogP contribution < -0.4 is 0 Å². The van der Waals surface area contributed by atoms with Crippen molar-refractivity contribution in [1.82, 2.24) is 0 Å². The van der Waals surface area contributed by atoms with Crippen LogP contribution in [0.1, 0.15) is 113 Å². The van der Waals surface area contributed by atoms with Crippen LogP contribution in [-0.2, 0) is 16.5 Å². The molecule has 0 amide bonds. The Balaban J connectivity index is 0. The second-order valence-corrected chi connectivity index (χ2v) is 23.3. The second-order valence-electron chi connectivity index (χ2n) is 13.5. The van der Waals surface area contributed by atoms with Crippen molar-refractivity contribution in [1.29, 1.82) is 0 Å². The molecule has 4 heteroatoms. The van der Waals surface area contributed by atoms with E-state index in [1.165, 1.54) is 16.8 Å². The molecule has 0 radical (unpaired) electrons. The largest absolute Gasteiger partial charge is 0.687 e. The summed E-state index contributed by atoms with van der Waals surface area (Å²) in [5.41, 5.74) is 4.08. The Bertz CT molecular complexity index is 596. The molecule has 0 aliphatic rings. The zero-order valence-corrected chi connectivity index (χ0v) is 26.6. The van der Waals surface area contributed by atoms with E-state index in [0.717, 1.165) is 0 Å². The predicted molar refractivity (Wildman–Crippen MR) is 149 cm³/mol. The van der Waals surface area contributed by atoms with Crippen molar-refractivity contribution in [2.75, 3.05) is 0 Å². The van der Waals surface area contributed by atoms with Gasteiger partial charge in [-0.25, -0.2) is 0 Å². The summed E-state index contributed by atoms with van der Waals surface area (Å²) in [5.74, 6) is 1.09. The topological polar surface area (TPSA) is 14.1 Å². The minimum atomic E-state index is -1.43. The quantitative estimate of drug-likeness (QED) is 0.283. The molecule has 0 unspecified atom stereocenters. The van der Waals surface area contributed by atoms with Crippen LogP contribution in [0.15, 0.2) is 18.2 Å². The SMILES string of the molecule is CC(C)(C)[PH+](C(C)(C)C)C(C)(C)C.CC(C)c1cccc(C(C)C)c1[N-][Si](C)(C)C.[Ni]. The summed E-state index contributed by atoms with van der Waals surface area (Å²) in [6.07, 6.45) is 0. The van der Waals surface area contributed by atoms with Crippen LogP contribution in [0.4, 0.5) is 5.69 Å². The first-order chi connectivity index (χ1) is 13.1. The van der Waals surface area contributed by atoms with Crippen LogP contribution in [0.3, 0.4) is 0 Å². The number of benzene rings is 1. The molecule has 0 aliphatic carbocycles. The Morgan fingerprint density at radius 2 is 0.968 bits per heavy atom. The molecule has 1 aromatic rings. The van der Waals surface area contributed by atoms with E-state index in [1.54, 1.807) is 0 Å². The first kappa shape index (κ1) is 33.3. The van der Waals surface area contributed by atoms with Gasteiger partial charge in [0.25, 0.3) is 0 Å².